The standard InChI is InChI=1S/C15H19BrN2O/c1-11-4-6-15(10-19,7-5-11)18-14-3-2-13(16)8-12(14)9-17/h2-3,8,11,18-19H,4-7,10H2,1H3. The Hall–Kier alpha value is -1.05. The molecule has 19 heavy (non-hydrogen) atoms. The quantitative estimate of drug-likeness (QED) is 0.892. The highest BCUT2D eigenvalue weighted by molar-refractivity contribution is 9.10. The maximum Gasteiger partial charge on any atom is 0.101 e. The maximum atomic E-state index is 9.75. The Bertz CT molecular complexity index is 487. The lowest BCUT2D eigenvalue weighted by Gasteiger charge is -2.39. The van der Waals surface area contributed by atoms with Crippen LogP contribution in [-0.2, 0) is 0 Å². The van der Waals surface area contributed by atoms with E-state index in [9.17, 15) is 10.4 Å². The van der Waals surface area contributed by atoms with E-state index in [1.807, 2.05) is 12.1 Å². The van der Waals surface area contributed by atoms with Gasteiger partial charge in [0.25, 0.3) is 0 Å². The number of benzene rings is 1. The third kappa shape index (κ3) is 3.29. The molecule has 0 heterocycles. The largest absolute Gasteiger partial charge is 0.394 e. The molecule has 1 saturated carbocycles. The molecule has 0 bridgehead atoms. The molecule has 0 saturated heterocycles. The summed E-state index contributed by atoms with van der Waals surface area (Å²) in [6, 6.07) is 7.82. The van der Waals surface area contributed by atoms with E-state index < -0.39 is 0 Å². The van der Waals surface area contributed by atoms with Crippen molar-refractivity contribution in [2.24, 2.45) is 5.92 Å². The second kappa shape index (κ2) is 5.94. The molecule has 2 rings (SSSR count). The summed E-state index contributed by atoms with van der Waals surface area (Å²) in [4.78, 5) is 0. The van der Waals surface area contributed by atoms with Gasteiger partial charge in [-0.25, -0.2) is 0 Å². The molecule has 0 unspecified atom stereocenters. The summed E-state index contributed by atoms with van der Waals surface area (Å²) in [5, 5.41) is 22.4. The average molecular weight is 323 g/mol. The number of halogens is 1. The second-order valence-electron chi connectivity index (χ2n) is 5.55. The van der Waals surface area contributed by atoms with E-state index in [2.05, 4.69) is 34.2 Å². The van der Waals surface area contributed by atoms with Crippen molar-refractivity contribution in [3.63, 3.8) is 0 Å². The molecule has 1 aliphatic rings. The van der Waals surface area contributed by atoms with E-state index in [-0.39, 0.29) is 12.1 Å². The van der Waals surface area contributed by atoms with Gasteiger partial charge in [-0.1, -0.05) is 22.9 Å². The van der Waals surface area contributed by atoms with Gasteiger partial charge in [0, 0.05) is 4.47 Å². The Kier molecular flexibility index (Phi) is 4.49. The zero-order valence-corrected chi connectivity index (χ0v) is 12.7. The van der Waals surface area contributed by atoms with E-state index in [1.165, 1.54) is 0 Å². The fourth-order valence-corrected chi connectivity index (χ4v) is 3.00. The van der Waals surface area contributed by atoms with Gasteiger partial charge in [-0.3, -0.25) is 0 Å². The summed E-state index contributed by atoms with van der Waals surface area (Å²) in [7, 11) is 0. The van der Waals surface area contributed by atoms with Gasteiger partial charge in [0.15, 0.2) is 0 Å². The van der Waals surface area contributed by atoms with Gasteiger partial charge in [-0.05, 0) is 49.8 Å². The molecule has 0 radical (unpaired) electrons. The number of nitrogens with zero attached hydrogens (tertiary/aromatic N) is 1. The summed E-state index contributed by atoms with van der Waals surface area (Å²) in [6.45, 7) is 2.36. The minimum Gasteiger partial charge on any atom is -0.394 e. The zero-order chi connectivity index (χ0) is 13.9. The van der Waals surface area contributed by atoms with Gasteiger partial charge < -0.3 is 10.4 Å². The molecule has 1 aromatic carbocycles. The van der Waals surface area contributed by atoms with Crippen molar-refractivity contribution in [1.82, 2.24) is 0 Å². The van der Waals surface area contributed by atoms with Gasteiger partial charge in [0.1, 0.15) is 6.07 Å². The number of hydrogen-bond acceptors (Lipinski definition) is 3. The van der Waals surface area contributed by atoms with Crippen LogP contribution < -0.4 is 5.32 Å². The highest BCUT2D eigenvalue weighted by atomic mass is 79.9. The number of aliphatic hydroxyl groups excluding tert-OH is 1. The van der Waals surface area contributed by atoms with E-state index in [0.717, 1.165) is 41.8 Å². The van der Waals surface area contributed by atoms with Crippen LogP contribution in [0.5, 0.6) is 0 Å². The van der Waals surface area contributed by atoms with Gasteiger partial charge in [0.2, 0.25) is 0 Å². The Labute approximate surface area is 122 Å². The van der Waals surface area contributed by atoms with Gasteiger partial charge in [-0.2, -0.15) is 5.26 Å². The molecule has 3 nitrogen and oxygen atoms in total. The van der Waals surface area contributed by atoms with Crippen LogP contribution in [0.1, 0.15) is 38.2 Å². The van der Waals surface area contributed by atoms with Crippen LogP contribution in [0, 0.1) is 17.2 Å². The Balaban J connectivity index is 2.21. The van der Waals surface area contributed by atoms with E-state index in [4.69, 9.17) is 0 Å². The summed E-state index contributed by atoms with van der Waals surface area (Å²) < 4.78 is 0.893. The number of aliphatic hydroxyl groups is 1. The number of rotatable bonds is 3. The Morgan fingerprint density at radius 3 is 2.74 bits per heavy atom. The third-order valence-corrected chi connectivity index (χ3v) is 4.53. The Morgan fingerprint density at radius 1 is 1.47 bits per heavy atom. The predicted octanol–water partition coefficient (Wildman–Crippen LogP) is 3.67. The van der Waals surface area contributed by atoms with Crippen molar-refractivity contribution in [3.05, 3.63) is 28.2 Å². The normalized spacial score (nSPS) is 26.7. The third-order valence-electron chi connectivity index (χ3n) is 4.04. The molecule has 102 valence electrons. The number of anilines is 1. The van der Waals surface area contributed by atoms with Crippen molar-refractivity contribution >= 4 is 21.6 Å². The second-order valence-corrected chi connectivity index (χ2v) is 6.46. The number of hydrogen-bond donors (Lipinski definition) is 2. The molecule has 1 aromatic rings. The zero-order valence-electron chi connectivity index (χ0n) is 11.1. The van der Waals surface area contributed by atoms with E-state index >= 15 is 0 Å². The first kappa shape index (κ1) is 14.4. The smallest absolute Gasteiger partial charge is 0.101 e. The Morgan fingerprint density at radius 2 is 2.16 bits per heavy atom. The highest BCUT2D eigenvalue weighted by Crippen LogP contribution is 2.35. The van der Waals surface area contributed by atoms with Crippen molar-refractivity contribution in [1.29, 1.82) is 5.26 Å². The molecule has 0 atom stereocenters. The fourth-order valence-electron chi connectivity index (χ4n) is 2.64. The van der Waals surface area contributed by atoms with Gasteiger partial charge >= 0.3 is 0 Å². The lowest BCUT2D eigenvalue weighted by atomic mass is 9.77. The summed E-state index contributed by atoms with van der Waals surface area (Å²) in [5.74, 6) is 0.724. The monoisotopic (exact) mass is 322 g/mol. The molecule has 0 aliphatic heterocycles. The van der Waals surface area contributed by atoms with Crippen molar-refractivity contribution in [2.45, 2.75) is 38.1 Å². The van der Waals surface area contributed by atoms with Gasteiger partial charge in [0.05, 0.1) is 23.4 Å². The average Bonchev–Trinajstić information content (AvgIpc) is 2.43. The van der Waals surface area contributed by atoms with Crippen LogP contribution in [0.3, 0.4) is 0 Å². The SMILES string of the molecule is CC1CCC(CO)(Nc2ccc(Br)cc2C#N)CC1. The minimum absolute atomic E-state index is 0.112. The molecule has 1 aliphatic carbocycles. The maximum absolute atomic E-state index is 9.75. The molecule has 2 N–H and O–H groups in total. The van der Waals surface area contributed by atoms with Crippen LogP contribution in [-0.4, -0.2) is 17.3 Å². The van der Waals surface area contributed by atoms with Crippen LogP contribution in [0.25, 0.3) is 0 Å². The van der Waals surface area contributed by atoms with Crippen molar-refractivity contribution in [3.8, 4) is 6.07 Å². The van der Waals surface area contributed by atoms with Crippen molar-refractivity contribution < 1.29 is 5.11 Å². The topological polar surface area (TPSA) is 56.0 Å². The van der Waals surface area contributed by atoms with Crippen LogP contribution in [0.2, 0.25) is 0 Å². The summed E-state index contributed by atoms with van der Waals surface area (Å²) in [5.41, 5.74) is 1.15. The molecule has 0 aromatic heterocycles. The number of nitriles is 1. The van der Waals surface area contributed by atoms with Crippen LogP contribution in [0.15, 0.2) is 22.7 Å². The van der Waals surface area contributed by atoms with Crippen LogP contribution >= 0.6 is 15.9 Å². The van der Waals surface area contributed by atoms with E-state index in [0.29, 0.717) is 5.56 Å². The van der Waals surface area contributed by atoms with Crippen LogP contribution in [0.4, 0.5) is 5.69 Å². The van der Waals surface area contributed by atoms with Gasteiger partial charge in [-0.15, -0.1) is 0 Å². The van der Waals surface area contributed by atoms with E-state index in [1.54, 1.807) is 6.07 Å². The molecular weight excluding hydrogens is 304 g/mol. The highest BCUT2D eigenvalue weighted by Gasteiger charge is 2.33. The minimum atomic E-state index is -0.272. The first-order valence-electron chi connectivity index (χ1n) is 6.67. The first-order valence-corrected chi connectivity index (χ1v) is 7.46. The summed E-state index contributed by atoms with van der Waals surface area (Å²) >= 11 is 3.37. The molecule has 0 amide bonds. The molecule has 4 heteroatoms. The van der Waals surface area contributed by atoms with Crippen molar-refractivity contribution in [2.75, 3.05) is 11.9 Å². The fraction of sp³-hybridized carbons (Fsp3) is 0.533. The molecule has 0 spiro atoms. The summed E-state index contributed by atoms with van der Waals surface area (Å²) in [6.07, 6.45) is 4.13. The molecular formula is C15H19BrN2O. The first-order chi connectivity index (χ1) is 9.08. The molecule has 1 fully saturated rings. The number of nitrogens with one attached hydrogen (secondary N) is 1. The lowest BCUT2D eigenvalue weighted by Crippen LogP contribution is -2.45. The predicted molar refractivity (Wildman–Crippen MR) is 79.9 cm³/mol. The lowest BCUT2D eigenvalue weighted by molar-refractivity contribution is 0.155.